The van der Waals surface area contributed by atoms with Gasteiger partial charge in [-0.1, -0.05) is 6.92 Å². The molecule has 5 nitrogen and oxygen atoms in total. The highest BCUT2D eigenvalue weighted by Crippen LogP contribution is 2.08. The van der Waals surface area contributed by atoms with E-state index < -0.39 is 0 Å². The Labute approximate surface area is 133 Å². The van der Waals surface area contributed by atoms with E-state index in [1.165, 1.54) is 11.1 Å². The molecule has 118 valence electrons. The summed E-state index contributed by atoms with van der Waals surface area (Å²) in [6.07, 6.45) is 5.38. The zero-order chi connectivity index (χ0) is 14.5. The predicted molar refractivity (Wildman–Crippen MR) is 87.7 cm³/mol. The first kappa shape index (κ1) is 17.7. The Hall–Kier alpha value is -1.33. The molecule has 0 aliphatic carbocycles. The summed E-state index contributed by atoms with van der Waals surface area (Å²) in [6, 6.07) is 0. The first-order valence-electron chi connectivity index (χ1n) is 7.40. The third-order valence-corrected chi connectivity index (χ3v) is 3.50. The van der Waals surface area contributed by atoms with Gasteiger partial charge < -0.3 is 5.32 Å². The smallest absolute Gasteiger partial charge is 0.0638 e. The molecule has 0 spiro atoms. The lowest BCUT2D eigenvalue weighted by Crippen LogP contribution is -2.13. The molecule has 0 atom stereocenters. The van der Waals surface area contributed by atoms with Crippen LogP contribution in [0.2, 0.25) is 0 Å². The lowest BCUT2D eigenvalue weighted by Gasteiger charge is -2.02. The van der Waals surface area contributed by atoms with Crippen molar-refractivity contribution in [3.05, 3.63) is 34.9 Å². The van der Waals surface area contributed by atoms with Crippen LogP contribution in [0, 0.1) is 13.8 Å². The minimum absolute atomic E-state index is 0. The van der Waals surface area contributed by atoms with Crippen molar-refractivity contribution in [1.82, 2.24) is 24.9 Å². The second kappa shape index (κ2) is 8.20. The number of hydrogen-bond acceptors (Lipinski definition) is 3. The molecule has 1 N–H and O–H groups in total. The fraction of sp³-hybridized carbons (Fsp3) is 0.600. The molecule has 0 aliphatic heterocycles. The number of halogens is 1. The quantitative estimate of drug-likeness (QED) is 0.855. The maximum absolute atomic E-state index is 4.52. The van der Waals surface area contributed by atoms with E-state index in [9.17, 15) is 0 Å². The van der Waals surface area contributed by atoms with Crippen LogP contribution in [-0.4, -0.2) is 19.6 Å². The molecule has 2 heterocycles. The summed E-state index contributed by atoms with van der Waals surface area (Å²) >= 11 is 0. The van der Waals surface area contributed by atoms with Crippen LogP contribution in [0.3, 0.4) is 0 Å². The van der Waals surface area contributed by atoms with Crippen LogP contribution < -0.4 is 5.32 Å². The maximum atomic E-state index is 4.52. The Morgan fingerprint density at radius 3 is 1.95 bits per heavy atom. The summed E-state index contributed by atoms with van der Waals surface area (Å²) in [5.74, 6) is 0. The van der Waals surface area contributed by atoms with Crippen molar-refractivity contribution in [3.63, 3.8) is 0 Å². The van der Waals surface area contributed by atoms with E-state index in [1.807, 2.05) is 9.36 Å². The summed E-state index contributed by atoms with van der Waals surface area (Å²) in [6.45, 7) is 12.0. The number of aryl methyl sites for hydroxylation is 4. The first-order chi connectivity index (χ1) is 9.63. The summed E-state index contributed by atoms with van der Waals surface area (Å²) in [4.78, 5) is 0. The van der Waals surface area contributed by atoms with Gasteiger partial charge in [0.05, 0.1) is 11.4 Å². The van der Waals surface area contributed by atoms with E-state index in [0.29, 0.717) is 0 Å². The normalized spacial score (nSPS) is 10.7. The molecule has 0 fully saturated rings. The van der Waals surface area contributed by atoms with Gasteiger partial charge in [0.2, 0.25) is 0 Å². The van der Waals surface area contributed by atoms with E-state index >= 15 is 0 Å². The van der Waals surface area contributed by atoms with Crippen LogP contribution in [0.25, 0.3) is 0 Å². The number of nitrogens with one attached hydrogen (secondary N) is 1. The molecule has 21 heavy (non-hydrogen) atoms. The van der Waals surface area contributed by atoms with E-state index in [1.54, 1.807) is 0 Å². The highest BCUT2D eigenvalue weighted by molar-refractivity contribution is 5.85. The van der Waals surface area contributed by atoms with E-state index in [4.69, 9.17) is 0 Å². The van der Waals surface area contributed by atoms with Gasteiger partial charge in [0.25, 0.3) is 0 Å². The molecule has 2 rings (SSSR count). The molecule has 2 aromatic rings. The van der Waals surface area contributed by atoms with Crippen molar-refractivity contribution in [1.29, 1.82) is 0 Å². The Balaban J connectivity index is 0.00000220. The number of hydrogen-bond donors (Lipinski definition) is 1. The lowest BCUT2D eigenvalue weighted by atomic mass is 10.2. The predicted octanol–water partition coefficient (Wildman–Crippen LogP) is 2.84. The molecule has 0 radical (unpaired) electrons. The van der Waals surface area contributed by atoms with Crippen LogP contribution in [0.1, 0.15) is 42.8 Å². The van der Waals surface area contributed by atoms with Gasteiger partial charge in [0, 0.05) is 49.7 Å². The zero-order valence-corrected chi connectivity index (χ0v) is 14.2. The van der Waals surface area contributed by atoms with Crippen molar-refractivity contribution in [2.75, 3.05) is 0 Å². The fourth-order valence-electron chi connectivity index (χ4n) is 2.30. The van der Waals surface area contributed by atoms with Gasteiger partial charge in [-0.05, 0) is 27.2 Å². The van der Waals surface area contributed by atoms with Gasteiger partial charge in [0.1, 0.15) is 0 Å². The van der Waals surface area contributed by atoms with Crippen LogP contribution in [0.5, 0.6) is 0 Å². The first-order valence-corrected chi connectivity index (χ1v) is 7.40. The average molecular weight is 312 g/mol. The molecule has 0 unspecified atom stereocenters. The maximum Gasteiger partial charge on any atom is 0.0638 e. The number of nitrogens with zero attached hydrogens (tertiary/aromatic N) is 4. The molecule has 2 aromatic heterocycles. The SMILES string of the molecule is CCCn1cc(CNCc2cn(CC)nc2C)c(C)n1.Cl. The minimum atomic E-state index is 0. The van der Waals surface area contributed by atoms with Crippen LogP contribution in [0.15, 0.2) is 12.4 Å². The Bertz CT molecular complexity index is 558. The summed E-state index contributed by atoms with van der Waals surface area (Å²) in [5.41, 5.74) is 4.77. The van der Waals surface area contributed by atoms with E-state index in [2.05, 4.69) is 55.6 Å². The van der Waals surface area contributed by atoms with Crippen molar-refractivity contribution in [2.45, 2.75) is 60.3 Å². The Morgan fingerprint density at radius 2 is 1.48 bits per heavy atom. The van der Waals surface area contributed by atoms with Crippen LogP contribution >= 0.6 is 12.4 Å². The number of aromatic nitrogens is 4. The summed E-state index contributed by atoms with van der Waals surface area (Å²) in [7, 11) is 0. The second-order valence-electron chi connectivity index (χ2n) is 5.20. The highest BCUT2D eigenvalue weighted by Gasteiger charge is 2.06. The van der Waals surface area contributed by atoms with Gasteiger partial charge in [-0.15, -0.1) is 12.4 Å². The molecule has 0 amide bonds. The van der Waals surface area contributed by atoms with Crippen LogP contribution in [-0.2, 0) is 26.2 Å². The molecule has 0 saturated carbocycles. The molecule has 0 bridgehead atoms. The largest absolute Gasteiger partial charge is 0.308 e. The van der Waals surface area contributed by atoms with Crippen LogP contribution in [0.4, 0.5) is 0 Å². The Kier molecular flexibility index (Phi) is 6.92. The topological polar surface area (TPSA) is 47.7 Å². The third kappa shape index (κ3) is 4.58. The summed E-state index contributed by atoms with van der Waals surface area (Å²) in [5, 5.41) is 12.5. The number of rotatable bonds is 7. The minimum Gasteiger partial charge on any atom is -0.308 e. The average Bonchev–Trinajstić information content (AvgIpc) is 2.94. The van der Waals surface area contributed by atoms with Gasteiger partial charge in [-0.25, -0.2) is 0 Å². The van der Waals surface area contributed by atoms with Gasteiger partial charge in [-0.3, -0.25) is 9.36 Å². The molecule has 0 aliphatic rings. The Morgan fingerprint density at radius 1 is 0.952 bits per heavy atom. The van der Waals surface area contributed by atoms with Gasteiger partial charge >= 0.3 is 0 Å². The molecular weight excluding hydrogens is 286 g/mol. The van der Waals surface area contributed by atoms with E-state index in [-0.39, 0.29) is 12.4 Å². The van der Waals surface area contributed by atoms with Gasteiger partial charge in [-0.2, -0.15) is 10.2 Å². The molecular formula is C15H26ClN5. The van der Waals surface area contributed by atoms with Crippen molar-refractivity contribution >= 4 is 12.4 Å². The standard InChI is InChI=1S/C15H25N5.ClH/c1-5-7-20-11-15(13(4)18-20)9-16-8-14-10-19(6-2)17-12(14)3;/h10-11,16H,5-9H2,1-4H3;1H. The third-order valence-electron chi connectivity index (χ3n) is 3.50. The van der Waals surface area contributed by atoms with Crippen molar-refractivity contribution in [2.24, 2.45) is 0 Å². The highest BCUT2D eigenvalue weighted by atomic mass is 35.5. The molecule has 6 heteroatoms. The fourth-order valence-corrected chi connectivity index (χ4v) is 2.30. The lowest BCUT2D eigenvalue weighted by molar-refractivity contribution is 0.597. The van der Waals surface area contributed by atoms with Gasteiger partial charge in [0.15, 0.2) is 0 Å². The van der Waals surface area contributed by atoms with Crippen molar-refractivity contribution in [3.8, 4) is 0 Å². The zero-order valence-electron chi connectivity index (χ0n) is 13.4. The monoisotopic (exact) mass is 311 g/mol. The molecule has 0 saturated heterocycles. The van der Waals surface area contributed by atoms with Crippen molar-refractivity contribution < 1.29 is 0 Å². The molecule has 0 aromatic carbocycles. The van der Waals surface area contributed by atoms with E-state index in [0.717, 1.165) is 44.0 Å². The second-order valence-corrected chi connectivity index (χ2v) is 5.20. The summed E-state index contributed by atoms with van der Waals surface area (Å²) < 4.78 is 4.02.